The van der Waals surface area contributed by atoms with Crippen LogP contribution in [0.2, 0.25) is 0 Å². The molecule has 0 aliphatic carbocycles. The number of sulfonamides is 1. The minimum atomic E-state index is -3.65. The van der Waals surface area contributed by atoms with E-state index in [0.717, 1.165) is 13.1 Å². The Kier molecular flexibility index (Phi) is 4.40. The molecule has 0 aromatic carbocycles. The van der Waals surface area contributed by atoms with Crippen molar-refractivity contribution in [3.63, 3.8) is 0 Å². The standard InChI is InChI=1S/C13H22N4O3S/c1-4-17-6-9(2)11(8-17)15-21(19,20)10-5-12(13(14)18)16(3)7-10/h5,7,9,11,15H,4,6,8H2,1-3H3,(H2,14,18). The van der Waals surface area contributed by atoms with E-state index in [1.807, 2.05) is 6.92 Å². The normalized spacial score (nSPS) is 23.6. The maximum Gasteiger partial charge on any atom is 0.265 e. The Morgan fingerprint density at radius 3 is 2.62 bits per heavy atom. The van der Waals surface area contributed by atoms with E-state index in [1.165, 1.54) is 16.8 Å². The summed E-state index contributed by atoms with van der Waals surface area (Å²) in [6.07, 6.45) is 1.40. The van der Waals surface area contributed by atoms with Gasteiger partial charge in [0.1, 0.15) is 10.6 Å². The Balaban J connectivity index is 2.19. The van der Waals surface area contributed by atoms with Crippen molar-refractivity contribution in [1.82, 2.24) is 14.2 Å². The molecular formula is C13H22N4O3S. The molecule has 2 rings (SSSR count). The molecule has 2 unspecified atom stereocenters. The second kappa shape index (κ2) is 5.78. The second-order valence-corrected chi connectivity index (χ2v) is 7.31. The van der Waals surface area contributed by atoms with Gasteiger partial charge in [0.2, 0.25) is 10.0 Å². The number of hydrogen-bond acceptors (Lipinski definition) is 4. The van der Waals surface area contributed by atoms with E-state index < -0.39 is 15.9 Å². The van der Waals surface area contributed by atoms with Crippen LogP contribution in [-0.2, 0) is 17.1 Å². The van der Waals surface area contributed by atoms with Gasteiger partial charge in [-0.1, -0.05) is 13.8 Å². The Bertz CT molecular complexity index is 638. The van der Waals surface area contributed by atoms with Crippen LogP contribution in [0.25, 0.3) is 0 Å². The molecule has 7 nitrogen and oxygen atoms in total. The number of aryl methyl sites for hydroxylation is 1. The summed E-state index contributed by atoms with van der Waals surface area (Å²) in [5.74, 6) is -0.399. The van der Waals surface area contributed by atoms with Crippen LogP contribution in [0.3, 0.4) is 0 Å². The van der Waals surface area contributed by atoms with E-state index in [1.54, 1.807) is 7.05 Å². The number of nitrogens with two attached hydrogens (primary N) is 1. The number of amides is 1. The summed E-state index contributed by atoms with van der Waals surface area (Å²) in [7, 11) is -2.06. The van der Waals surface area contributed by atoms with Crippen LogP contribution in [0.15, 0.2) is 17.2 Å². The second-order valence-electron chi connectivity index (χ2n) is 5.59. The number of nitrogens with zero attached hydrogens (tertiary/aromatic N) is 2. The molecule has 0 radical (unpaired) electrons. The quantitative estimate of drug-likeness (QED) is 0.782. The minimum Gasteiger partial charge on any atom is -0.364 e. The van der Waals surface area contributed by atoms with Crippen LogP contribution < -0.4 is 10.5 Å². The van der Waals surface area contributed by atoms with E-state index >= 15 is 0 Å². The summed E-state index contributed by atoms with van der Waals surface area (Å²) in [6.45, 7) is 6.57. The third-order valence-corrected chi connectivity index (χ3v) is 5.44. The molecule has 1 aromatic heterocycles. The number of likely N-dealkylation sites (N-methyl/N-ethyl adjacent to an activating group) is 1. The number of nitrogens with one attached hydrogen (secondary N) is 1. The summed E-state index contributed by atoms with van der Waals surface area (Å²) in [4.78, 5) is 13.5. The topological polar surface area (TPSA) is 97.4 Å². The van der Waals surface area contributed by atoms with Gasteiger partial charge < -0.3 is 15.2 Å². The molecule has 0 saturated carbocycles. The molecular weight excluding hydrogens is 292 g/mol. The number of carbonyl (C=O) groups is 1. The van der Waals surface area contributed by atoms with Crippen molar-refractivity contribution < 1.29 is 13.2 Å². The zero-order valence-electron chi connectivity index (χ0n) is 12.5. The zero-order chi connectivity index (χ0) is 15.8. The highest BCUT2D eigenvalue weighted by atomic mass is 32.2. The van der Waals surface area contributed by atoms with Gasteiger partial charge in [-0.2, -0.15) is 0 Å². The van der Waals surface area contributed by atoms with E-state index in [2.05, 4.69) is 16.5 Å². The number of rotatable bonds is 5. The van der Waals surface area contributed by atoms with E-state index in [-0.39, 0.29) is 22.5 Å². The van der Waals surface area contributed by atoms with Gasteiger partial charge in [-0.25, -0.2) is 13.1 Å². The predicted octanol–water partition coefficient (Wildman–Crippen LogP) is -0.257. The molecule has 8 heteroatoms. The van der Waals surface area contributed by atoms with Crippen LogP contribution in [0.4, 0.5) is 0 Å². The maximum absolute atomic E-state index is 12.4. The summed E-state index contributed by atoms with van der Waals surface area (Å²) in [5, 5.41) is 0. The molecule has 1 saturated heterocycles. The van der Waals surface area contributed by atoms with Gasteiger partial charge in [-0.05, 0) is 18.5 Å². The molecule has 0 bridgehead atoms. The van der Waals surface area contributed by atoms with Crippen molar-refractivity contribution in [2.75, 3.05) is 19.6 Å². The number of likely N-dealkylation sites (tertiary alicyclic amines) is 1. The lowest BCUT2D eigenvalue weighted by Gasteiger charge is -2.16. The van der Waals surface area contributed by atoms with Gasteiger partial charge in [-0.15, -0.1) is 0 Å². The number of primary amides is 1. The Morgan fingerprint density at radius 2 is 2.14 bits per heavy atom. The average Bonchev–Trinajstić information content (AvgIpc) is 2.93. The molecule has 0 spiro atoms. The molecule has 2 atom stereocenters. The Morgan fingerprint density at radius 1 is 1.48 bits per heavy atom. The van der Waals surface area contributed by atoms with Crippen LogP contribution in [0, 0.1) is 5.92 Å². The highest BCUT2D eigenvalue weighted by molar-refractivity contribution is 7.89. The van der Waals surface area contributed by atoms with Gasteiger partial charge in [-0.3, -0.25) is 4.79 Å². The van der Waals surface area contributed by atoms with Crippen LogP contribution >= 0.6 is 0 Å². The SMILES string of the molecule is CCN1CC(C)C(NS(=O)(=O)c2cc(C(N)=O)n(C)c2)C1. The molecule has 2 heterocycles. The van der Waals surface area contributed by atoms with Crippen LogP contribution in [-0.4, -0.2) is 49.5 Å². The number of aromatic nitrogens is 1. The molecule has 1 aromatic rings. The first-order chi connectivity index (χ1) is 9.74. The fraction of sp³-hybridized carbons (Fsp3) is 0.615. The largest absolute Gasteiger partial charge is 0.364 e. The van der Waals surface area contributed by atoms with Gasteiger partial charge in [0.15, 0.2) is 0 Å². The van der Waals surface area contributed by atoms with Gasteiger partial charge in [0.25, 0.3) is 5.91 Å². The van der Waals surface area contributed by atoms with Crippen molar-refractivity contribution in [2.24, 2.45) is 18.7 Å². The molecule has 1 amide bonds. The summed E-state index contributed by atoms with van der Waals surface area (Å²) in [6, 6.07) is 1.19. The first-order valence-electron chi connectivity index (χ1n) is 6.95. The summed E-state index contributed by atoms with van der Waals surface area (Å²) in [5.41, 5.74) is 5.38. The van der Waals surface area contributed by atoms with E-state index in [4.69, 9.17) is 5.73 Å². The monoisotopic (exact) mass is 314 g/mol. The summed E-state index contributed by atoms with van der Waals surface area (Å²) < 4.78 is 29.0. The Labute approximate surface area is 125 Å². The smallest absolute Gasteiger partial charge is 0.265 e. The molecule has 118 valence electrons. The third-order valence-electron chi connectivity index (χ3n) is 3.98. The average molecular weight is 314 g/mol. The lowest BCUT2D eigenvalue weighted by molar-refractivity contribution is 0.0992. The maximum atomic E-state index is 12.4. The summed E-state index contributed by atoms with van der Waals surface area (Å²) >= 11 is 0. The predicted molar refractivity (Wildman–Crippen MR) is 79.3 cm³/mol. The molecule has 1 aliphatic rings. The van der Waals surface area contributed by atoms with Gasteiger partial charge >= 0.3 is 0 Å². The van der Waals surface area contributed by atoms with Crippen molar-refractivity contribution in [3.05, 3.63) is 18.0 Å². The lowest BCUT2D eigenvalue weighted by atomic mass is 10.1. The van der Waals surface area contributed by atoms with Crippen molar-refractivity contribution in [2.45, 2.75) is 24.8 Å². The lowest BCUT2D eigenvalue weighted by Crippen LogP contribution is -2.39. The van der Waals surface area contributed by atoms with E-state index in [0.29, 0.717) is 6.54 Å². The number of hydrogen-bond donors (Lipinski definition) is 2. The molecule has 3 N–H and O–H groups in total. The fourth-order valence-corrected chi connectivity index (χ4v) is 4.08. The van der Waals surface area contributed by atoms with Crippen molar-refractivity contribution >= 4 is 15.9 Å². The third kappa shape index (κ3) is 3.28. The van der Waals surface area contributed by atoms with Gasteiger partial charge in [0, 0.05) is 32.4 Å². The highest BCUT2D eigenvalue weighted by Crippen LogP contribution is 2.20. The van der Waals surface area contributed by atoms with E-state index in [9.17, 15) is 13.2 Å². The Hall–Kier alpha value is -1.38. The number of carbonyl (C=O) groups excluding carboxylic acids is 1. The van der Waals surface area contributed by atoms with Gasteiger partial charge in [0.05, 0.1) is 0 Å². The fourth-order valence-electron chi connectivity index (χ4n) is 2.67. The molecule has 1 aliphatic heterocycles. The zero-order valence-corrected chi connectivity index (χ0v) is 13.4. The highest BCUT2D eigenvalue weighted by Gasteiger charge is 2.32. The van der Waals surface area contributed by atoms with Crippen molar-refractivity contribution in [3.8, 4) is 0 Å². The first kappa shape index (κ1) is 16.0. The molecule has 1 fully saturated rings. The minimum absolute atomic E-state index is 0.0703. The first-order valence-corrected chi connectivity index (χ1v) is 8.43. The van der Waals surface area contributed by atoms with Crippen LogP contribution in [0.5, 0.6) is 0 Å². The molecule has 21 heavy (non-hydrogen) atoms. The van der Waals surface area contributed by atoms with Crippen molar-refractivity contribution in [1.29, 1.82) is 0 Å². The van der Waals surface area contributed by atoms with Crippen LogP contribution in [0.1, 0.15) is 24.3 Å².